The summed E-state index contributed by atoms with van der Waals surface area (Å²) in [6.07, 6.45) is -4.69. The van der Waals surface area contributed by atoms with Crippen LogP contribution in [-0.4, -0.2) is 36.6 Å². The van der Waals surface area contributed by atoms with Gasteiger partial charge in [-0.1, -0.05) is 0 Å². The standard InChI is InChI=1S/C16H19F3N2O2/c1-15(2,3)23-8-7-21(4)14(22)11-5-6-12(10-20)13(9-11)16(17,18)19/h5-6,9H,7-8H2,1-4H3. The van der Waals surface area contributed by atoms with Crippen LogP contribution in [0.5, 0.6) is 0 Å². The first-order chi connectivity index (χ1) is 10.5. The molecule has 0 aliphatic rings. The summed E-state index contributed by atoms with van der Waals surface area (Å²) in [6.45, 7) is 6.12. The monoisotopic (exact) mass is 328 g/mol. The number of hydrogen-bond acceptors (Lipinski definition) is 3. The Kier molecular flexibility index (Phi) is 5.78. The number of amides is 1. The summed E-state index contributed by atoms with van der Waals surface area (Å²) in [7, 11) is 1.49. The Labute approximate surface area is 133 Å². The average Bonchev–Trinajstić information content (AvgIpc) is 2.43. The van der Waals surface area contributed by atoms with E-state index in [-0.39, 0.29) is 24.3 Å². The summed E-state index contributed by atoms with van der Waals surface area (Å²) < 4.78 is 44.2. The lowest BCUT2D eigenvalue weighted by molar-refractivity contribution is -0.137. The van der Waals surface area contributed by atoms with E-state index in [1.165, 1.54) is 24.1 Å². The van der Waals surface area contributed by atoms with Gasteiger partial charge in [-0.2, -0.15) is 18.4 Å². The molecule has 1 rings (SSSR count). The number of ether oxygens (including phenoxy) is 1. The maximum atomic E-state index is 12.9. The van der Waals surface area contributed by atoms with E-state index in [1.54, 1.807) is 0 Å². The zero-order valence-electron chi connectivity index (χ0n) is 13.5. The highest BCUT2D eigenvalue weighted by Gasteiger charge is 2.34. The van der Waals surface area contributed by atoms with Gasteiger partial charge in [-0.05, 0) is 39.0 Å². The van der Waals surface area contributed by atoms with E-state index in [0.29, 0.717) is 6.07 Å². The molecule has 1 aromatic carbocycles. The molecular weight excluding hydrogens is 309 g/mol. The summed E-state index contributed by atoms with van der Waals surface area (Å²) in [6, 6.07) is 4.42. The smallest absolute Gasteiger partial charge is 0.374 e. The van der Waals surface area contributed by atoms with E-state index in [9.17, 15) is 18.0 Å². The quantitative estimate of drug-likeness (QED) is 0.850. The van der Waals surface area contributed by atoms with Crippen LogP contribution in [0.1, 0.15) is 42.3 Å². The number of halogens is 3. The number of benzene rings is 1. The molecule has 1 aromatic rings. The van der Waals surface area contributed by atoms with E-state index < -0.39 is 23.2 Å². The number of rotatable bonds is 4. The molecular formula is C16H19F3N2O2. The molecule has 0 aliphatic heterocycles. The third-order valence-corrected chi connectivity index (χ3v) is 3.00. The fourth-order valence-electron chi connectivity index (χ4n) is 1.82. The van der Waals surface area contributed by atoms with E-state index in [1.807, 2.05) is 20.8 Å². The minimum Gasteiger partial charge on any atom is -0.374 e. The lowest BCUT2D eigenvalue weighted by Gasteiger charge is -2.23. The predicted molar refractivity (Wildman–Crippen MR) is 78.8 cm³/mol. The van der Waals surface area contributed by atoms with E-state index in [0.717, 1.165) is 6.07 Å². The van der Waals surface area contributed by atoms with Crippen LogP contribution in [0.3, 0.4) is 0 Å². The van der Waals surface area contributed by atoms with Crippen LogP contribution in [0.2, 0.25) is 0 Å². The molecule has 0 bridgehead atoms. The highest BCUT2D eigenvalue weighted by atomic mass is 19.4. The van der Waals surface area contributed by atoms with Crippen LogP contribution >= 0.6 is 0 Å². The molecule has 0 heterocycles. The number of nitrogens with zero attached hydrogens (tertiary/aromatic N) is 2. The summed E-state index contributed by atoms with van der Waals surface area (Å²) in [5, 5.41) is 8.75. The summed E-state index contributed by atoms with van der Waals surface area (Å²) in [4.78, 5) is 13.5. The van der Waals surface area contributed by atoms with Crippen LogP contribution < -0.4 is 0 Å². The van der Waals surface area contributed by atoms with Gasteiger partial charge in [0.05, 0.1) is 29.4 Å². The molecule has 1 amide bonds. The highest BCUT2D eigenvalue weighted by molar-refractivity contribution is 5.94. The maximum absolute atomic E-state index is 12.9. The minimum absolute atomic E-state index is 0.116. The van der Waals surface area contributed by atoms with Gasteiger partial charge in [0.1, 0.15) is 0 Å². The van der Waals surface area contributed by atoms with Crippen LogP contribution in [0.25, 0.3) is 0 Å². The SMILES string of the molecule is CN(CCOC(C)(C)C)C(=O)c1ccc(C#N)c(C(F)(F)F)c1. The van der Waals surface area contributed by atoms with Crippen LogP contribution in [0, 0.1) is 11.3 Å². The first-order valence-corrected chi connectivity index (χ1v) is 6.96. The normalized spacial score (nSPS) is 11.9. The van der Waals surface area contributed by atoms with Gasteiger partial charge in [-0.15, -0.1) is 0 Å². The van der Waals surface area contributed by atoms with Gasteiger partial charge in [-0.25, -0.2) is 0 Å². The second-order valence-corrected chi connectivity index (χ2v) is 6.06. The van der Waals surface area contributed by atoms with Gasteiger partial charge in [0.25, 0.3) is 5.91 Å². The largest absolute Gasteiger partial charge is 0.417 e. The van der Waals surface area contributed by atoms with Crippen molar-refractivity contribution in [1.29, 1.82) is 5.26 Å². The fraction of sp³-hybridized carbons (Fsp3) is 0.500. The molecule has 0 unspecified atom stereocenters. The topological polar surface area (TPSA) is 53.3 Å². The zero-order valence-corrected chi connectivity index (χ0v) is 13.5. The van der Waals surface area contributed by atoms with Crippen molar-refractivity contribution < 1.29 is 22.7 Å². The number of alkyl halides is 3. The van der Waals surface area contributed by atoms with Crippen molar-refractivity contribution in [1.82, 2.24) is 4.90 Å². The molecule has 0 saturated carbocycles. The summed E-state index contributed by atoms with van der Waals surface area (Å²) in [5.41, 5.74) is -2.09. The second kappa shape index (κ2) is 7.01. The van der Waals surface area contributed by atoms with E-state index in [4.69, 9.17) is 10.00 Å². The Morgan fingerprint density at radius 2 is 1.91 bits per heavy atom. The van der Waals surface area contributed by atoms with Crippen molar-refractivity contribution in [3.8, 4) is 6.07 Å². The van der Waals surface area contributed by atoms with Crippen LogP contribution in [0.15, 0.2) is 18.2 Å². The molecule has 126 valence electrons. The number of likely N-dealkylation sites (N-methyl/N-ethyl adjacent to an activating group) is 1. The van der Waals surface area contributed by atoms with Gasteiger partial charge in [-0.3, -0.25) is 4.79 Å². The number of hydrogen-bond donors (Lipinski definition) is 0. The highest BCUT2D eigenvalue weighted by Crippen LogP contribution is 2.32. The molecule has 0 fully saturated rings. The van der Waals surface area contributed by atoms with Crippen molar-refractivity contribution >= 4 is 5.91 Å². The van der Waals surface area contributed by atoms with Crippen molar-refractivity contribution in [2.24, 2.45) is 0 Å². The fourth-order valence-corrected chi connectivity index (χ4v) is 1.82. The zero-order chi connectivity index (χ0) is 17.8. The van der Waals surface area contributed by atoms with Gasteiger partial charge < -0.3 is 9.64 Å². The van der Waals surface area contributed by atoms with Gasteiger partial charge >= 0.3 is 6.18 Å². The first-order valence-electron chi connectivity index (χ1n) is 6.96. The van der Waals surface area contributed by atoms with Gasteiger partial charge in [0.2, 0.25) is 0 Å². The Morgan fingerprint density at radius 1 is 1.30 bits per heavy atom. The lowest BCUT2D eigenvalue weighted by Crippen LogP contribution is -2.32. The minimum atomic E-state index is -4.69. The number of carbonyl (C=O) groups excluding carboxylic acids is 1. The molecule has 0 radical (unpaired) electrons. The molecule has 23 heavy (non-hydrogen) atoms. The van der Waals surface area contributed by atoms with Crippen LogP contribution in [0.4, 0.5) is 13.2 Å². The Bertz CT molecular complexity index is 613. The van der Waals surface area contributed by atoms with Crippen molar-refractivity contribution in [2.75, 3.05) is 20.2 Å². The summed E-state index contributed by atoms with van der Waals surface area (Å²) >= 11 is 0. The Balaban J connectivity index is 2.90. The molecule has 7 heteroatoms. The molecule has 0 spiro atoms. The maximum Gasteiger partial charge on any atom is 0.417 e. The van der Waals surface area contributed by atoms with Crippen LogP contribution in [-0.2, 0) is 10.9 Å². The van der Waals surface area contributed by atoms with Gasteiger partial charge in [0.15, 0.2) is 0 Å². The molecule has 0 N–H and O–H groups in total. The van der Waals surface area contributed by atoms with E-state index >= 15 is 0 Å². The van der Waals surface area contributed by atoms with E-state index in [2.05, 4.69) is 0 Å². The molecule has 0 saturated heterocycles. The number of carbonyl (C=O) groups is 1. The molecule has 4 nitrogen and oxygen atoms in total. The van der Waals surface area contributed by atoms with Crippen molar-refractivity contribution in [2.45, 2.75) is 32.5 Å². The lowest BCUT2D eigenvalue weighted by atomic mass is 10.0. The molecule has 0 atom stereocenters. The molecule has 0 aliphatic carbocycles. The first kappa shape index (κ1) is 19.0. The average molecular weight is 328 g/mol. The Morgan fingerprint density at radius 3 is 2.39 bits per heavy atom. The Hall–Kier alpha value is -2.07. The predicted octanol–water partition coefficient (Wildman–Crippen LogP) is 3.46. The van der Waals surface area contributed by atoms with Crippen molar-refractivity contribution in [3.05, 3.63) is 34.9 Å². The summed E-state index contributed by atoms with van der Waals surface area (Å²) in [5.74, 6) is -0.558. The van der Waals surface area contributed by atoms with Gasteiger partial charge in [0, 0.05) is 19.2 Å². The third-order valence-electron chi connectivity index (χ3n) is 3.00. The number of nitriles is 1. The molecule has 0 aromatic heterocycles. The third kappa shape index (κ3) is 5.57. The van der Waals surface area contributed by atoms with Crippen molar-refractivity contribution in [3.63, 3.8) is 0 Å². The second-order valence-electron chi connectivity index (χ2n) is 6.06.